The Morgan fingerprint density at radius 2 is 1.53 bits per heavy atom. The maximum Gasteiger partial charge on any atom is 0.255 e. The monoisotopic (exact) mass is 363 g/mol. The van der Waals surface area contributed by atoms with Gasteiger partial charge in [0.2, 0.25) is 0 Å². The van der Waals surface area contributed by atoms with Gasteiger partial charge in [-0.3, -0.25) is 0 Å². The Balaban J connectivity index is 0.00000133. The fourth-order valence-electron chi connectivity index (χ4n) is 2.33. The summed E-state index contributed by atoms with van der Waals surface area (Å²) < 4.78 is 1.97. The van der Waals surface area contributed by atoms with E-state index in [1.54, 1.807) is 0 Å². The third-order valence-corrected chi connectivity index (χ3v) is 3.17. The van der Waals surface area contributed by atoms with Crippen LogP contribution in [0.25, 0.3) is 22.0 Å². The van der Waals surface area contributed by atoms with Crippen molar-refractivity contribution in [2.75, 3.05) is 0 Å². The Labute approximate surface area is 129 Å². The molecule has 1 N–H and O–H groups in total. The molecule has 0 spiro atoms. The standard InChI is InChI=1S/C16H13NO.HI/c1-17-11-13-9-5-6-10-14(13)16(18)15(17)12-7-3-2-4-8-12;/h2-11H,1H3;1H. The molecule has 3 rings (SSSR count). The van der Waals surface area contributed by atoms with Crippen LogP contribution in [0, 0.1) is 0 Å². The van der Waals surface area contributed by atoms with E-state index >= 15 is 0 Å². The van der Waals surface area contributed by atoms with Crippen LogP contribution >= 0.6 is 0 Å². The van der Waals surface area contributed by atoms with Gasteiger partial charge in [0.05, 0.1) is 5.56 Å². The summed E-state index contributed by atoms with van der Waals surface area (Å²) in [5, 5.41) is 12.4. The molecule has 0 fully saturated rings. The lowest BCUT2D eigenvalue weighted by Gasteiger charge is -2.06. The molecule has 0 unspecified atom stereocenters. The minimum Gasteiger partial charge on any atom is -1.00 e. The summed E-state index contributed by atoms with van der Waals surface area (Å²) in [5.41, 5.74) is 1.86. The lowest BCUT2D eigenvalue weighted by Crippen LogP contribution is -3.00. The highest BCUT2D eigenvalue weighted by atomic mass is 127. The number of hydrogen-bond acceptors (Lipinski definition) is 1. The van der Waals surface area contributed by atoms with E-state index in [1.165, 1.54) is 0 Å². The summed E-state index contributed by atoms with van der Waals surface area (Å²) in [6.07, 6.45) is 2.04. The van der Waals surface area contributed by atoms with Gasteiger partial charge in [0, 0.05) is 10.8 Å². The molecule has 0 saturated heterocycles. The highest BCUT2D eigenvalue weighted by molar-refractivity contribution is 5.91. The van der Waals surface area contributed by atoms with E-state index in [0.717, 1.165) is 22.0 Å². The molecular formula is C16H14INO. The van der Waals surface area contributed by atoms with Gasteiger partial charge in [-0.1, -0.05) is 36.4 Å². The number of pyridine rings is 1. The minimum absolute atomic E-state index is 0. The van der Waals surface area contributed by atoms with E-state index in [-0.39, 0.29) is 24.0 Å². The van der Waals surface area contributed by atoms with Gasteiger partial charge in [-0.05, 0) is 18.2 Å². The summed E-state index contributed by atoms with van der Waals surface area (Å²) in [4.78, 5) is 0. The zero-order valence-corrected chi connectivity index (χ0v) is 12.7. The molecule has 2 aromatic carbocycles. The predicted octanol–water partition coefficient (Wildman–Crippen LogP) is 0.0409. The number of aryl methyl sites for hydroxylation is 1. The lowest BCUT2D eigenvalue weighted by molar-refractivity contribution is -0.659. The van der Waals surface area contributed by atoms with Crippen molar-refractivity contribution >= 4 is 10.8 Å². The molecule has 0 saturated carbocycles. The van der Waals surface area contributed by atoms with Crippen LogP contribution in [-0.4, -0.2) is 5.11 Å². The summed E-state index contributed by atoms with van der Waals surface area (Å²) in [5.74, 6) is 0.335. The predicted molar refractivity (Wildman–Crippen MR) is 72.2 cm³/mol. The van der Waals surface area contributed by atoms with E-state index < -0.39 is 0 Å². The first kappa shape index (κ1) is 13.8. The summed E-state index contributed by atoms with van der Waals surface area (Å²) in [6.45, 7) is 0. The molecule has 0 bridgehead atoms. The third-order valence-electron chi connectivity index (χ3n) is 3.17. The molecule has 0 aliphatic heterocycles. The number of halogens is 1. The van der Waals surface area contributed by atoms with Gasteiger partial charge in [-0.25, -0.2) is 0 Å². The van der Waals surface area contributed by atoms with Crippen LogP contribution < -0.4 is 28.5 Å². The highest BCUT2D eigenvalue weighted by Crippen LogP contribution is 2.32. The number of rotatable bonds is 1. The van der Waals surface area contributed by atoms with Gasteiger partial charge in [0.1, 0.15) is 7.05 Å². The fraction of sp³-hybridized carbons (Fsp3) is 0.0625. The second-order valence-corrected chi connectivity index (χ2v) is 4.39. The smallest absolute Gasteiger partial charge is 0.255 e. The quantitative estimate of drug-likeness (QED) is 0.479. The molecule has 2 nitrogen and oxygen atoms in total. The van der Waals surface area contributed by atoms with Crippen molar-refractivity contribution < 1.29 is 33.7 Å². The third kappa shape index (κ3) is 2.42. The molecule has 0 aliphatic carbocycles. The molecule has 3 heteroatoms. The van der Waals surface area contributed by atoms with Crippen molar-refractivity contribution in [1.82, 2.24) is 0 Å². The zero-order chi connectivity index (χ0) is 12.5. The maximum atomic E-state index is 10.5. The van der Waals surface area contributed by atoms with Crippen molar-refractivity contribution in [3.8, 4) is 17.0 Å². The maximum absolute atomic E-state index is 10.5. The second kappa shape index (κ2) is 5.57. The Morgan fingerprint density at radius 1 is 0.895 bits per heavy atom. The van der Waals surface area contributed by atoms with Crippen molar-refractivity contribution in [3.63, 3.8) is 0 Å². The van der Waals surface area contributed by atoms with Gasteiger partial charge < -0.3 is 29.1 Å². The first-order valence-electron chi connectivity index (χ1n) is 5.93. The van der Waals surface area contributed by atoms with Crippen LogP contribution in [0.5, 0.6) is 5.75 Å². The average Bonchev–Trinajstić information content (AvgIpc) is 2.40. The molecule has 0 aliphatic rings. The molecule has 3 aromatic rings. The molecular weight excluding hydrogens is 349 g/mol. The molecule has 0 radical (unpaired) electrons. The van der Waals surface area contributed by atoms with Crippen LogP contribution in [0.4, 0.5) is 0 Å². The van der Waals surface area contributed by atoms with E-state index in [0.29, 0.717) is 5.75 Å². The van der Waals surface area contributed by atoms with E-state index in [9.17, 15) is 5.11 Å². The summed E-state index contributed by atoms with van der Waals surface area (Å²) >= 11 is 0. The van der Waals surface area contributed by atoms with Crippen molar-refractivity contribution in [2.45, 2.75) is 0 Å². The van der Waals surface area contributed by atoms with E-state index in [4.69, 9.17) is 0 Å². The highest BCUT2D eigenvalue weighted by Gasteiger charge is 2.18. The van der Waals surface area contributed by atoms with E-state index in [1.807, 2.05) is 72.4 Å². The fourth-order valence-corrected chi connectivity index (χ4v) is 2.33. The van der Waals surface area contributed by atoms with Crippen LogP contribution in [0.2, 0.25) is 0 Å². The first-order chi connectivity index (χ1) is 8.77. The molecule has 1 aromatic heterocycles. The van der Waals surface area contributed by atoms with Gasteiger partial charge in [0.15, 0.2) is 11.9 Å². The molecule has 96 valence electrons. The topological polar surface area (TPSA) is 24.1 Å². The normalized spacial score (nSPS) is 10.2. The number of fused-ring (bicyclic) bond motifs is 1. The van der Waals surface area contributed by atoms with Crippen molar-refractivity contribution in [1.29, 1.82) is 0 Å². The van der Waals surface area contributed by atoms with Crippen LogP contribution in [0.1, 0.15) is 0 Å². The number of benzene rings is 2. The van der Waals surface area contributed by atoms with Crippen LogP contribution in [0.3, 0.4) is 0 Å². The van der Waals surface area contributed by atoms with Crippen molar-refractivity contribution in [3.05, 3.63) is 60.8 Å². The second-order valence-electron chi connectivity index (χ2n) is 4.39. The summed E-state index contributed by atoms with van der Waals surface area (Å²) in [7, 11) is 1.95. The largest absolute Gasteiger partial charge is 1.00 e. The van der Waals surface area contributed by atoms with Gasteiger partial charge in [-0.2, -0.15) is 4.57 Å². The van der Waals surface area contributed by atoms with Crippen LogP contribution in [-0.2, 0) is 7.05 Å². The van der Waals surface area contributed by atoms with Gasteiger partial charge in [0.25, 0.3) is 5.69 Å². The van der Waals surface area contributed by atoms with Gasteiger partial charge >= 0.3 is 0 Å². The lowest BCUT2D eigenvalue weighted by atomic mass is 10.1. The molecule has 0 amide bonds. The summed E-state index contributed by atoms with van der Waals surface area (Å²) in [6, 6.07) is 17.8. The van der Waals surface area contributed by atoms with Crippen molar-refractivity contribution in [2.24, 2.45) is 7.05 Å². The SMILES string of the molecule is C[n+]1cc2ccccc2c(O)c1-c1ccccc1.[I-]. The average molecular weight is 363 g/mol. The molecule has 19 heavy (non-hydrogen) atoms. The number of aromatic nitrogens is 1. The number of hydrogen-bond donors (Lipinski definition) is 1. The molecule has 1 heterocycles. The number of aromatic hydroxyl groups is 1. The number of nitrogens with zero attached hydrogens (tertiary/aromatic N) is 1. The van der Waals surface area contributed by atoms with E-state index in [2.05, 4.69) is 0 Å². The Morgan fingerprint density at radius 3 is 2.26 bits per heavy atom. The Bertz CT molecular complexity index is 711. The molecule has 0 atom stereocenters. The zero-order valence-electron chi connectivity index (χ0n) is 10.5. The Hall–Kier alpha value is -1.62. The minimum atomic E-state index is 0. The Kier molecular flexibility index (Phi) is 4.04. The first-order valence-corrected chi connectivity index (χ1v) is 5.93. The van der Waals surface area contributed by atoms with Gasteiger partial charge in [-0.15, -0.1) is 0 Å². The van der Waals surface area contributed by atoms with Crippen LogP contribution in [0.15, 0.2) is 60.8 Å².